The fraction of sp³-hybridized carbons (Fsp3) is 0.857. The SMILES string of the molecule is O=C(CC1(O)CCCC1)NCCCC(=O)NC1CC1. The molecule has 2 saturated carbocycles. The van der Waals surface area contributed by atoms with Gasteiger partial charge in [0.2, 0.25) is 11.8 Å². The number of nitrogens with one attached hydrogen (secondary N) is 2. The molecule has 0 aliphatic heterocycles. The van der Waals surface area contributed by atoms with Crippen molar-refractivity contribution in [2.45, 2.75) is 69.4 Å². The van der Waals surface area contributed by atoms with E-state index in [1.54, 1.807) is 0 Å². The Morgan fingerprint density at radius 3 is 2.47 bits per heavy atom. The highest BCUT2D eigenvalue weighted by atomic mass is 16.3. The minimum atomic E-state index is -0.784. The van der Waals surface area contributed by atoms with Gasteiger partial charge in [0, 0.05) is 19.0 Å². The normalized spacial score (nSPS) is 21.1. The Bertz CT molecular complexity index is 334. The Labute approximate surface area is 114 Å². The monoisotopic (exact) mass is 268 g/mol. The first-order valence-electron chi connectivity index (χ1n) is 7.36. The molecule has 0 spiro atoms. The van der Waals surface area contributed by atoms with Crippen molar-refractivity contribution in [3.8, 4) is 0 Å². The van der Waals surface area contributed by atoms with Crippen LogP contribution >= 0.6 is 0 Å². The lowest BCUT2D eigenvalue weighted by molar-refractivity contribution is -0.126. The molecule has 5 nitrogen and oxygen atoms in total. The maximum absolute atomic E-state index is 11.7. The molecule has 0 saturated heterocycles. The minimum Gasteiger partial charge on any atom is -0.389 e. The first-order chi connectivity index (χ1) is 9.07. The lowest BCUT2D eigenvalue weighted by Crippen LogP contribution is -2.35. The third-order valence-electron chi connectivity index (χ3n) is 3.87. The summed E-state index contributed by atoms with van der Waals surface area (Å²) in [7, 11) is 0. The van der Waals surface area contributed by atoms with E-state index in [9.17, 15) is 14.7 Å². The molecule has 5 heteroatoms. The Morgan fingerprint density at radius 1 is 1.16 bits per heavy atom. The summed E-state index contributed by atoms with van der Waals surface area (Å²) in [6.07, 6.45) is 6.97. The van der Waals surface area contributed by atoms with Gasteiger partial charge in [-0.15, -0.1) is 0 Å². The van der Waals surface area contributed by atoms with Gasteiger partial charge >= 0.3 is 0 Å². The molecule has 2 aliphatic carbocycles. The van der Waals surface area contributed by atoms with Gasteiger partial charge in [-0.05, 0) is 32.1 Å². The van der Waals surface area contributed by atoms with Gasteiger partial charge in [-0.3, -0.25) is 9.59 Å². The average Bonchev–Trinajstić information content (AvgIpc) is 3.05. The zero-order chi connectivity index (χ0) is 13.7. The van der Waals surface area contributed by atoms with E-state index in [0.29, 0.717) is 25.4 Å². The molecule has 0 atom stereocenters. The second-order valence-electron chi connectivity index (χ2n) is 5.90. The lowest BCUT2D eigenvalue weighted by Gasteiger charge is -2.21. The summed E-state index contributed by atoms with van der Waals surface area (Å²) in [5, 5.41) is 15.8. The predicted octanol–water partition coefficient (Wildman–Crippen LogP) is 0.857. The molecule has 0 bridgehead atoms. The maximum atomic E-state index is 11.7. The van der Waals surface area contributed by atoms with E-state index >= 15 is 0 Å². The van der Waals surface area contributed by atoms with Crippen LogP contribution in [0.1, 0.15) is 57.8 Å². The van der Waals surface area contributed by atoms with E-state index in [4.69, 9.17) is 0 Å². The third kappa shape index (κ3) is 5.19. The molecule has 19 heavy (non-hydrogen) atoms. The molecular weight excluding hydrogens is 244 g/mol. The highest BCUT2D eigenvalue weighted by Gasteiger charge is 2.33. The van der Waals surface area contributed by atoms with Crippen LogP contribution in [0.5, 0.6) is 0 Å². The zero-order valence-electron chi connectivity index (χ0n) is 11.4. The number of rotatable bonds is 7. The van der Waals surface area contributed by atoms with Crippen molar-refractivity contribution < 1.29 is 14.7 Å². The van der Waals surface area contributed by atoms with Crippen LogP contribution in [-0.4, -0.2) is 35.1 Å². The second-order valence-corrected chi connectivity index (χ2v) is 5.90. The zero-order valence-corrected chi connectivity index (χ0v) is 11.4. The quantitative estimate of drug-likeness (QED) is 0.599. The fourth-order valence-electron chi connectivity index (χ4n) is 2.58. The molecule has 0 aromatic carbocycles. The molecule has 2 amide bonds. The molecule has 3 N–H and O–H groups in total. The van der Waals surface area contributed by atoms with Crippen LogP contribution in [0.25, 0.3) is 0 Å². The van der Waals surface area contributed by atoms with Crippen molar-refractivity contribution in [2.24, 2.45) is 0 Å². The maximum Gasteiger partial charge on any atom is 0.222 e. The van der Waals surface area contributed by atoms with Gasteiger partial charge in [0.1, 0.15) is 0 Å². The first kappa shape index (κ1) is 14.3. The summed E-state index contributed by atoms with van der Waals surface area (Å²) in [5.41, 5.74) is -0.784. The summed E-state index contributed by atoms with van der Waals surface area (Å²) < 4.78 is 0. The Morgan fingerprint density at radius 2 is 1.84 bits per heavy atom. The van der Waals surface area contributed by atoms with Crippen molar-refractivity contribution in [1.82, 2.24) is 10.6 Å². The van der Waals surface area contributed by atoms with E-state index in [2.05, 4.69) is 10.6 Å². The summed E-state index contributed by atoms with van der Waals surface area (Å²) >= 11 is 0. The number of carbonyl (C=O) groups excluding carboxylic acids is 2. The Kier molecular flexibility index (Phi) is 4.80. The van der Waals surface area contributed by atoms with Crippen LogP contribution < -0.4 is 10.6 Å². The molecule has 0 unspecified atom stereocenters. The fourth-order valence-corrected chi connectivity index (χ4v) is 2.58. The smallest absolute Gasteiger partial charge is 0.222 e. The Hall–Kier alpha value is -1.10. The predicted molar refractivity (Wildman–Crippen MR) is 71.4 cm³/mol. The average molecular weight is 268 g/mol. The molecule has 2 aliphatic rings. The number of carbonyl (C=O) groups is 2. The lowest BCUT2D eigenvalue weighted by atomic mass is 9.98. The number of hydrogen-bond acceptors (Lipinski definition) is 3. The van der Waals surface area contributed by atoms with Gasteiger partial charge in [-0.1, -0.05) is 12.8 Å². The topological polar surface area (TPSA) is 78.4 Å². The van der Waals surface area contributed by atoms with Crippen LogP contribution in [0.3, 0.4) is 0 Å². The molecule has 2 fully saturated rings. The van der Waals surface area contributed by atoms with Crippen LogP contribution in [0.2, 0.25) is 0 Å². The van der Waals surface area contributed by atoms with Crippen LogP contribution in [-0.2, 0) is 9.59 Å². The highest BCUT2D eigenvalue weighted by molar-refractivity contribution is 5.78. The van der Waals surface area contributed by atoms with Gasteiger partial charge < -0.3 is 15.7 Å². The molecule has 0 radical (unpaired) electrons. The van der Waals surface area contributed by atoms with E-state index in [1.807, 2.05) is 0 Å². The summed E-state index contributed by atoms with van der Waals surface area (Å²) in [4.78, 5) is 23.1. The van der Waals surface area contributed by atoms with Crippen molar-refractivity contribution >= 4 is 11.8 Å². The third-order valence-corrected chi connectivity index (χ3v) is 3.87. The van der Waals surface area contributed by atoms with Crippen molar-refractivity contribution in [1.29, 1.82) is 0 Å². The summed E-state index contributed by atoms with van der Waals surface area (Å²) in [5.74, 6) is -0.0295. The van der Waals surface area contributed by atoms with Gasteiger partial charge in [0.15, 0.2) is 0 Å². The van der Waals surface area contributed by atoms with E-state index in [1.165, 1.54) is 0 Å². The van der Waals surface area contributed by atoms with Crippen molar-refractivity contribution in [3.05, 3.63) is 0 Å². The van der Waals surface area contributed by atoms with Crippen molar-refractivity contribution in [3.63, 3.8) is 0 Å². The molecule has 2 rings (SSSR count). The molecule has 108 valence electrons. The number of hydrogen-bond donors (Lipinski definition) is 3. The van der Waals surface area contributed by atoms with Gasteiger partial charge in [0.25, 0.3) is 0 Å². The van der Waals surface area contributed by atoms with Gasteiger partial charge in [-0.2, -0.15) is 0 Å². The number of aliphatic hydroxyl groups is 1. The van der Waals surface area contributed by atoms with Crippen LogP contribution in [0.4, 0.5) is 0 Å². The Balaban J connectivity index is 1.52. The van der Waals surface area contributed by atoms with E-state index in [0.717, 1.165) is 38.5 Å². The standard InChI is InChI=1S/C14H24N2O3/c17-12(16-11-5-6-11)4-3-9-15-13(18)10-14(19)7-1-2-8-14/h11,19H,1-10H2,(H,15,18)(H,16,17). The molecular formula is C14H24N2O3. The summed E-state index contributed by atoms with van der Waals surface area (Å²) in [6.45, 7) is 0.507. The van der Waals surface area contributed by atoms with E-state index < -0.39 is 5.60 Å². The van der Waals surface area contributed by atoms with Crippen LogP contribution in [0, 0.1) is 0 Å². The van der Waals surface area contributed by atoms with Gasteiger partial charge in [-0.25, -0.2) is 0 Å². The van der Waals surface area contributed by atoms with Crippen molar-refractivity contribution in [2.75, 3.05) is 6.54 Å². The highest BCUT2D eigenvalue weighted by Crippen LogP contribution is 2.32. The summed E-state index contributed by atoms with van der Waals surface area (Å²) in [6, 6.07) is 0.402. The largest absolute Gasteiger partial charge is 0.389 e. The minimum absolute atomic E-state index is 0.0752. The molecule has 0 heterocycles. The second kappa shape index (κ2) is 6.37. The molecule has 0 aromatic rings. The number of amides is 2. The first-order valence-corrected chi connectivity index (χ1v) is 7.36. The van der Waals surface area contributed by atoms with Gasteiger partial charge in [0.05, 0.1) is 12.0 Å². The van der Waals surface area contributed by atoms with E-state index in [-0.39, 0.29) is 18.2 Å². The van der Waals surface area contributed by atoms with Crippen LogP contribution in [0.15, 0.2) is 0 Å². The molecule has 0 aromatic heterocycles.